The van der Waals surface area contributed by atoms with Crippen molar-refractivity contribution in [3.05, 3.63) is 70.7 Å². The van der Waals surface area contributed by atoms with Gasteiger partial charge in [-0.05, 0) is 30.3 Å². The van der Waals surface area contributed by atoms with E-state index in [2.05, 4.69) is 10.3 Å². The summed E-state index contributed by atoms with van der Waals surface area (Å²) in [5.74, 6) is 0.384. The first-order valence-electron chi connectivity index (χ1n) is 8.85. The average molecular weight is 411 g/mol. The summed E-state index contributed by atoms with van der Waals surface area (Å²) in [6, 6.07) is 14.0. The van der Waals surface area contributed by atoms with Gasteiger partial charge in [0, 0.05) is 23.7 Å². The van der Waals surface area contributed by atoms with Crippen LogP contribution in [0.3, 0.4) is 0 Å². The molecule has 0 unspecified atom stereocenters. The molecule has 0 atom stereocenters. The topological polar surface area (TPSA) is 80.8 Å². The second-order valence-corrected chi connectivity index (χ2v) is 6.93. The fourth-order valence-corrected chi connectivity index (χ4v) is 3.15. The van der Waals surface area contributed by atoms with Crippen LogP contribution in [0.5, 0.6) is 11.5 Å². The number of nitrogens with zero attached hydrogens (tertiary/aromatic N) is 2. The highest BCUT2D eigenvalue weighted by atomic mass is 32.1. The van der Waals surface area contributed by atoms with Crippen LogP contribution in [0.4, 0.5) is 5.69 Å². The molecule has 0 aliphatic rings. The Morgan fingerprint density at radius 1 is 1.14 bits per heavy atom. The van der Waals surface area contributed by atoms with Gasteiger partial charge < -0.3 is 19.7 Å². The van der Waals surface area contributed by atoms with Crippen molar-refractivity contribution in [2.45, 2.75) is 6.61 Å². The van der Waals surface area contributed by atoms with Crippen LogP contribution in [0.1, 0.15) is 16.1 Å². The Bertz CT molecular complexity index is 961. The Morgan fingerprint density at radius 3 is 2.62 bits per heavy atom. The number of carbonyl (C=O) groups excluding carboxylic acids is 2. The Labute approximate surface area is 172 Å². The number of carbonyl (C=O) groups is 2. The van der Waals surface area contributed by atoms with Crippen molar-refractivity contribution in [3.8, 4) is 11.5 Å². The number of amides is 2. The number of benzene rings is 2. The van der Waals surface area contributed by atoms with Crippen molar-refractivity contribution in [2.24, 2.45) is 0 Å². The van der Waals surface area contributed by atoms with Gasteiger partial charge in [0.2, 0.25) is 5.91 Å². The lowest BCUT2D eigenvalue weighted by Crippen LogP contribution is -2.34. The van der Waals surface area contributed by atoms with Gasteiger partial charge in [0.25, 0.3) is 5.91 Å². The highest BCUT2D eigenvalue weighted by Gasteiger charge is 2.17. The second-order valence-electron chi connectivity index (χ2n) is 6.21. The molecule has 8 heteroatoms. The minimum absolute atomic E-state index is 0.0713. The quantitative estimate of drug-likeness (QED) is 0.614. The predicted octanol–water partition coefficient (Wildman–Crippen LogP) is 3.44. The molecular weight excluding hydrogens is 390 g/mol. The zero-order valence-electron chi connectivity index (χ0n) is 16.1. The van der Waals surface area contributed by atoms with E-state index < -0.39 is 0 Å². The highest BCUT2D eigenvalue weighted by molar-refractivity contribution is 7.07. The average Bonchev–Trinajstić information content (AvgIpc) is 3.25. The second kappa shape index (κ2) is 9.70. The minimum Gasteiger partial charge on any atom is -0.493 e. The van der Waals surface area contributed by atoms with Gasteiger partial charge >= 0.3 is 0 Å². The molecular formula is C21H21N3O4S. The zero-order valence-corrected chi connectivity index (χ0v) is 16.9. The summed E-state index contributed by atoms with van der Waals surface area (Å²) in [4.78, 5) is 30.4. The molecule has 0 radical (unpaired) electrons. The molecule has 0 saturated heterocycles. The van der Waals surface area contributed by atoms with E-state index in [0.29, 0.717) is 29.4 Å². The molecule has 3 rings (SSSR count). The Hall–Kier alpha value is -3.39. The van der Waals surface area contributed by atoms with Crippen LogP contribution in [0.15, 0.2) is 59.4 Å². The molecule has 0 fully saturated rings. The van der Waals surface area contributed by atoms with Crippen LogP contribution >= 0.6 is 11.3 Å². The molecule has 7 nitrogen and oxygen atoms in total. The molecule has 2 aromatic carbocycles. The number of rotatable bonds is 8. The van der Waals surface area contributed by atoms with Crippen LogP contribution in [-0.4, -0.2) is 42.4 Å². The maximum absolute atomic E-state index is 12.7. The lowest BCUT2D eigenvalue weighted by molar-refractivity contribution is -0.116. The Balaban J connectivity index is 1.62. The Kier molecular flexibility index (Phi) is 6.80. The molecule has 0 saturated carbocycles. The fourth-order valence-electron chi connectivity index (χ4n) is 2.61. The normalized spacial score (nSPS) is 10.3. The van der Waals surface area contributed by atoms with Crippen molar-refractivity contribution in [2.75, 3.05) is 26.0 Å². The van der Waals surface area contributed by atoms with E-state index in [4.69, 9.17) is 9.47 Å². The third-order valence-electron chi connectivity index (χ3n) is 4.05. The van der Waals surface area contributed by atoms with E-state index in [9.17, 15) is 9.59 Å². The number of anilines is 1. The Morgan fingerprint density at radius 2 is 1.93 bits per heavy atom. The SMILES string of the molecule is COc1cc(C(=O)N(C)CC(=O)Nc2ccccc2)ccc1OCc1cscn1. The number of hydrogen-bond donors (Lipinski definition) is 1. The maximum Gasteiger partial charge on any atom is 0.254 e. The summed E-state index contributed by atoms with van der Waals surface area (Å²) in [6.45, 7) is 0.241. The summed E-state index contributed by atoms with van der Waals surface area (Å²) in [5.41, 5.74) is 3.64. The van der Waals surface area contributed by atoms with Crippen molar-refractivity contribution in [1.82, 2.24) is 9.88 Å². The van der Waals surface area contributed by atoms with E-state index in [1.165, 1.54) is 23.3 Å². The standard InChI is InChI=1S/C21H21N3O4S/c1-24(11-20(25)23-16-6-4-3-5-7-16)21(26)15-8-9-18(19(10-15)27-2)28-12-17-13-29-14-22-17/h3-10,13-14H,11-12H2,1-2H3,(H,23,25). The largest absolute Gasteiger partial charge is 0.493 e. The predicted molar refractivity (Wildman–Crippen MR) is 111 cm³/mol. The van der Waals surface area contributed by atoms with Crippen molar-refractivity contribution in [1.29, 1.82) is 0 Å². The molecule has 2 amide bonds. The summed E-state index contributed by atoms with van der Waals surface area (Å²) in [5, 5.41) is 4.66. The summed E-state index contributed by atoms with van der Waals surface area (Å²) in [7, 11) is 3.09. The highest BCUT2D eigenvalue weighted by Crippen LogP contribution is 2.29. The molecule has 0 aliphatic heterocycles. The van der Waals surface area contributed by atoms with Crippen molar-refractivity contribution < 1.29 is 19.1 Å². The molecule has 1 N–H and O–H groups in total. The molecule has 150 valence electrons. The molecule has 0 bridgehead atoms. The number of aromatic nitrogens is 1. The van der Waals surface area contributed by atoms with Crippen molar-refractivity contribution >= 4 is 28.8 Å². The number of methoxy groups -OCH3 is 1. The number of thiazole rings is 1. The lowest BCUT2D eigenvalue weighted by Gasteiger charge is -2.18. The van der Waals surface area contributed by atoms with Gasteiger partial charge in [-0.3, -0.25) is 9.59 Å². The van der Waals surface area contributed by atoms with Gasteiger partial charge in [-0.25, -0.2) is 4.98 Å². The molecule has 29 heavy (non-hydrogen) atoms. The van der Waals surface area contributed by atoms with Crippen LogP contribution in [0.2, 0.25) is 0 Å². The summed E-state index contributed by atoms with van der Waals surface area (Å²) < 4.78 is 11.1. The number of para-hydroxylation sites is 1. The van der Waals surface area contributed by atoms with Gasteiger partial charge in [-0.1, -0.05) is 18.2 Å². The van der Waals surface area contributed by atoms with Crippen LogP contribution in [0, 0.1) is 0 Å². The van der Waals surface area contributed by atoms with Gasteiger partial charge in [0.1, 0.15) is 6.61 Å². The number of ether oxygens (including phenoxy) is 2. The first-order chi connectivity index (χ1) is 14.1. The number of nitrogens with one attached hydrogen (secondary N) is 1. The zero-order chi connectivity index (χ0) is 20.6. The molecule has 0 aliphatic carbocycles. The molecule has 3 aromatic rings. The monoisotopic (exact) mass is 411 g/mol. The van der Waals surface area contributed by atoms with E-state index >= 15 is 0 Å². The smallest absolute Gasteiger partial charge is 0.254 e. The van der Waals surface area contributed by atoms with E-state index in [1.54, 1.807) is 42.9 Å². The molecule has 0 spiro atoms. The lowest BCUT2D eigenvalue weighted by atomic mass is 10.1. The van der Waals surface area contributed by atoms with E-state index in [-0.39, 0.29) is 18.4 Å². The minimum atomic E-state index is -0.294. The molecule has 1 aromatic heterocycles. The van der Waals surface area contributed by atoms with Crippen LogP contribution < -0.4 is 14.8 Å². The first-order valence-corrected chi connectivity index (χ1v) is 9.79. The van der Waals surface area contributed by atoms with Gasteiger partial charge in [-0.2, -0.15) is 0 Å². The van der Waals surface area contributed by atoms with E-state index in [1.807, 2.05) is 23.6 Å². The van der Waals surface area contributed by atoms with Crippen LogP contribution in [-0.2, 0) is 11.4 Å². The van der Waals surface area contributed by atoms with Gasteiger partial charge in [0.15, 0.2) is 11.5 Å². The van der Waals surface area contributed by atoms with Gasteiger partial charge in [0.05, 0.1) is 24.9 Å². The fraction of sp³-hybridized carbons (Fsp3) is 0.190. The molecule has 1 heterocycles. The van der Waals surface area contributed by atoms with Crippen LogP contribution in [0.25, 0.3) is 0 Å². The van der Waals surface area contributed by atoms with Gasteiger partial charge in [-0.15, -0.1) is 11.3 Å². The number of likely N-dealkylation sites (N-methyl/N-ethyl adjacent to an activating group) is 1. The summed E-state index contributed by atoms with van der Waals surface area (Å²) >= 11 is 1.49. The van der Waals surface area contributed by atoms with Crippen molar-refractivity contribution in [3.63, 3.8) is 0 Å². The number of hydrogen-bond acceptors (Lipinski definition) is 6. The maximum atomic E-state index is 12.7. The third kappa shape index (κ3) is 5.55. The first kappa shape index (κ1) is 20.3. The van der Waals surface area contributed by atoms with E-state index in [0.717, 1.165) is 5.69 Å². The third-order valence-corrected chi connectivity index (χ3v) is 4.69. The summed E-state index contributed by atoms with van der Waals surface area (Å²) in [6.07, 6.45) is 0.